The second-order valence-corrected chi connectivity index (χ2v) is 8.16. The molecule has 4 nitrogen and oxygen atoms in total. The number of hydrogen-bond donors (Lipinski definition) is 0. The van der Waals surface area contributed by atoms with E-state index < -0.39 is 5.38 Å². The maximum absolute atomic E-state index is 11.6. The lowest BCUT2D eigenvalue weighted by molar-refractivity contribution is -0.124. The largest absolute Gasteiger partial charge is 0.292 e. The van der Waals surface area contributed by atoms with Crippen molar-refractivity contribution >= 4 is 65.0 Å². The van der Waals surface area contributed by atoms with Gasteiger partial charge in [-0.15, -0.1) is 23.2 Å². The Morgan fingerprint density at radius 2 is 1.91 bits per heavy atom. The van der Waals surface area contributed by atoms with E-state index in [9.17, 15) is 9.59 Å². The smallest absolute Gasteiger partial charge is 0.252 e. The maximum atomic E-state index is 11.6. The Hall–Kier alpha value is 0.0900. The number of amides is 1. The van der Waals surface area contributed by atoms with Gasteiger partial charge in [0.1, 0.15) is 10.1 Å². The molecule has 2 atom stereocenters. The predicted octanol–water partition coefficient (Wildman–Crippen LogP) is 4.30. The Bertz CT molecular complexity index is 397. The number of carbonyl (C=O) groups excluding carboxylic acids is 2. The van der Waals surface area contributed by atoms with E-state index in [-0.39, 0.29) is 16.4 Å². The highest BCUT2D eigenvalue weighted by atomic mass is 35.5. The lowest BCUT2D eigenvalue weighted by Gasteiger charge is -2.13. The minimum atomic E-state index is -0.549. The third kappa shape index (κ3) is 7.57. The highest BCUT2D eigenvalue weighted by molar-refractivity contribution is 8.00. The molecule has 0 N–H and O–H groups in total. The molecule has 0 aromatic carbocycles. The fourth-order valence-corrected chi connectivity index (χ4v) is 4.01. The van der Waals surface area contributed by atoms with Gasteiger partial charge in [-0.2, -0.15) is 0 Å². The van der Waals surface area contributed by atoms with Crippen molar-refractivity contribution in [3.8, 4) is 0 Å². The van der Waals surface area contributed by atoms with E-state index in [1.165, 1.54) is 62.2 Å². The van der Waals surface area contributed by atoms with Gasteiger partial charge >= 0.3 is 0 Å². The number of hydrogen-bond acceptors (Lipinski definition) is 5. The number of rotatable bonds is 7. The number of halogens is 2. The van der Waals surface area contributed by atoms with Gasteiger partial charge in [-0.05, 0) is 30.3 Å². The average molecular weight is 385 g/mol. The van der Waals surface area contributed by atoms with Gasteiger partial charge in [0.2, 0.25) is 0 Å². The van der Waals surface area contributed by atoms with Gasteiger partial charge < -0.3 is 0 Å². The van der Waals surface area contributed by atoms with Crippen LogP contribution in [0.5, 0.6) is 0 Å². The topological polar surface area (TPSA) is 49.7 Å². The highest BCUT2D eigenvalue weighted by Crippen LogP contribution is 2.35. The number of alkyl halides is 2. The van der Waals surface area contributed by atoms with E-state index in [1.54, 1.807) is 4.31 Å². The van der Waals surface area contributed by atoms with Crippen LogP contribution in [0.2, 0.25) is 0 Å². The van der Waals surface area contributed by atoms with Gasteiger partial charge in [0.05, 0.1) is 12.0 Å². The molecule has 0 aromatic heterocycles. The number of nitrogens with zero attached hydrogens (tertiary/aromatic N) is 2. The van der Waals surface area contributed by atoms with Crippen LogP contribution in [-0.2, 0) is 9.59 Å². The van der Waals surface area contributed by atoms with Gasteiger partial charge in [0.15, 0.2) is 5.78 Å². The fraction of sp³-hybridized carbons (Fsp3) is 0.786. The molecule has 0 spiro atoms. The van der Waals surface area contributed by atoms with Crippen molar-refractivity contribution in [2.75, 3.05) is 12.3 Å². The minimum absolute atomic E-state index is 0.0276. The van der Waals surface area contributed by atoms with E-state index in [0.717, 1.165) is 13.0 Å². The SMILES string of the molecule is CCCCCCCCN1SC(Cl)C(Cl)C1=O.O=C1C=NSC1. The van der Waals surface area contributed by atoms with E-state index in [1.807, 2.05) is 0 Å². The first-order valence-electron chi connectivity index (χ1n) is 7.50. The van der Waals surface area contributed by atoms with E-state index in [0.29, 0.717) is 5.75 Å². The van der Waals surface area contributed by atoms with Crippen molar-refractivity contribution in [2.45, 2.75) is 55.5 Å². The number of ketones is 1. The van der Waals surface area contributed by atoms with Crippen molar-refractivity contribution in [1.29, 1.82) is 0 Å². The van der Waals surface area contributed by atoms with E-state index >= 15 is 0 Å². The summed E-state index contributed by atoms with van der Waals surface area (Å²) in [6.07, 6.45) is 8.72. The molecule has 1 amide bonds. The molecule has 2 heterocycles. The van der Waals surface area contributed by atoms with Crippen LogP contribution in [0.3, 0.4) is 0 Å². The zero-order chi connectivity index (χ0) is 16.4. The second-order valence-electron chi connectivity index (χ2n) is 5.04. The first kappa shape index (κ1) is 20.1. The maximum Gasteiger partial charge on any atom is 0.252 e. The summed E-state index contributed by atoms with van der Waals surface area (Å²) in [7, 11) is 0. The molecule has 8 heteroatoms. The molecule has 0 aromatic rings. The van der Waals surface area contributed by atoms with Crippen LogP contribution in [0.1, 0.15) is 45.4 Å². The summed E-state index contributed by atoms with van der Waals surface area (Å²) >= 11 is 14.4. The molecule has 2 rings (SSSR count). The Morgan fingerprint density at radius 3 is 2.36 bits per heavy atom. The molecule has 2 aliphatic rings. The standard InChI is InChI=1S/C11H19Cl2NOS.C3H3NOS/c1-2-3-4-5-6-7-8-14-11(15)9(12)10(13)16-14;5-3-1-4-6-2-3/h9-10H,2-8H2,1H3;1H,2H2. The summed E-state index contributed by atoms with van der Waals surface area (Å²) in [6, 6.07) is 0. The molecule has 126 valence electrons. The van der Waals surface area contributed by atoms with Crippen LogP contribution >= 0.6 is 47.1 Å². The zero-order valence-corrected chi connectivity index (χ0v) is 15.8. The third-order valence-electron chi connectivity index (χ3n) is 3.13. The summed E-state index contributed by atoms with van der Waals surface area (Å²) in [6.45, 7) is 2.99. The Kier molecular flexibility index (Phi) is 10.6. The second kappa shape index (κ2) is 11.6. The normalized spacial score (nSPS) is 23.9. The third-order valence-corrected chi connectivity index (χ3v) is 6.10. The Labute approximate surface area is 151 Å². The van der Waals surface area contributed by atoms with Crippen LogP contribution in [-0.4, -0.2) is 44.6 Å². The van der Waals surface area contributed by atoms with Crippen LogP contribution in [0.25, 0.3) is 0 Å². The average Bonchev–Trinajstić information content (AvgIpc) is 3.07. The summed E-state index contributed by atoms with van der Waals surface area (Å²) in [4.78, 5) is 21.6. The number of carbonyl (C=O) groups is 2. The molecular weight excluding hydrogens is 363 g/mol. The van der Waals surface area contributed by atoms with Crippen LogP contribution in [0.15, 0.2) is 4.40 Å². The quantitative estimate of drug-likeness (QED) is 0.373. The van der Waals surface area contributed by atoms with Gasteiger partial charge in [-0.25, -0.2) is 4.40 Å². The fourth-order valence-electron chi connectivity index (χ4n) is 1.91. The molecular formula is C14H22Cl2N2O2S2. The molecule has 1 saturated heterocycles. The van der Waals surface area contributed by atoms with Gasteiger partial charge in [0, 0.05) is 6.54 Å². The minimum Gasteiger partial charge on any atom is -0.292 e. The molecule has 0 bridgehead atoms. The molecule has 2 unspecified atom stereocenters. The van der Waals surface area contributed by atoms with Crippen LogP contribution in [0, 0.1) is 0 Å². The van der Waals surface area contributed by atoms with Gasteiger partial charge in [0.25, 0.3) is 5.91 Å². The summed E-state index contributed by atoms with van der Waals surface area (Å²) in [5, 5.41) is -0.549. The van der Waals surface area contributed by atoms with Crippen LogP contribution < -0.4 is 0 Å². The molecule has 0 saturated carbocycles. The van der Waals surface area contributed by atoms with Crippen molar-refractivity contribution in [3.63, 3.8) is 0 Å². The first-order chi connectivity index (χ1) is 10.6. The Morgan fingerprint density at radius 1 is 1.23 bits per heavy atom. The van der Waals surface area contributed by atoms with Crippen molar-refractivity contribution in [2.24, 2.45) is 4.40 Å². The summed E-state index contributed by atoms with van der Waals surface area (Å²) < 4.78 is 5.03. The molecule has 0 aliphatic carbocycles. The van der Waals surface area contributed by atoms with Gasteiger partial charge in [-0.1, -0.05) is 39.0 Å². The molecule has 1 fully saturated rings. The lowest BCUT2D eigenvalue weighted by Crippen LogP contribution is -2.25. The number of unbranched alkanes of at least 4 members (excludes halogenated alkanes) is 5. The van der Waals surface area contributed by atoms with Crippen LogP contribution in [0.4, 0.5) is 0 Å². The van der Waals surface area contributed by atoms with Crippen molar-refractivity contribution in [1.82, 2.24) is 4.31 Å². The van der Waals surface area contributed by atoms with E-state index in [2.05, 4.69) is 11.3 Å². The van der Waals surface area contributed by atoms with Crippen molar-refractivity contribution < 1.29 is 9.59 Å². The van der Waals surface area contributed by atoms with E-state index in [4.69, 9.17) is 23.2 Å². The Balaban J connectivity index is 0.000000335. The summed E-state index contributed by atoms with van der Waals surface area (Å²) in [5.74, 6) is 0.639. The zero-order valence-electron chi connectivity index (χ0n) is 12.7. The predicted molar refractivity (Wildman–Crippen MR) is 97.9 cm³/mol. The van der Waals surface area contributed by atoms with Gasteiger partial charge in [-0.3, -0.25) is 13.9 Å². The first-order valence-corrected chi connectivity index (χ1v) is 10.2. The number of Topliss-reactive ketones (excluding diaryl/α,β-unsaturated/α-hetero) is 1. The monoisotopic (exact) mass is 384 g/mol. The molecule has 0 radical (unpaired) electrons. The lowest BCUT2D eigenvalue weighted by atomic mass is 10.1. The molecule has 22 heavy (non-hydrogen) atoms. The summed E-state index contributed by atoms with van der Waals surface area (Å²) in [5.41, 5.74) is 0. The van der Waals surface area contributed by atoms with Crippen molar-refractivity contribution in [3.05, 3.63) is 0 Å². The molecule has 2 aliphatic heterocycles. The highest BCUT2D eigenvalue weighted by Gasteiger charge is 2.38.